The monoisotopic (exact) mass is 345 g/mol. The molecule has 2 N–H and O–H groups in total. The van der Waals surface area contributed by atoms with Gasteiger partial charge in [0.2, 0.25) is 0 Å². The Morgan fingerprint density at radius 2 is 2.00 bits per heavy atom. The Morgan fingerprint density at radius 3 is 2.67 bits per heavy atom. The van der Waals surface area contributed by atoms with Crippen LogP contribution in [0.5, 0.6) is 0 Å². The second-order valence-corrected chi connectivity index (χ2v) is 5.84. The van der Waals surface area contributed by atoms with E-state index >= 15 is 0 Å². The minimum absolute atomic E-state index is 0.119. The van der Waals surface area contributed by atoms with E-state index in [1.54, 1.807) is 11.6 Å². The molecule has 0 atom stereocenters. The maximum absolute atomic E-state index is 11.6. The van der Waals surface area contributed by atoms with Gasteiger partial charge in [0.25, 0.3) is 0 Å². The van der Waals surface area contributed by atoms with E-state index in [0.717, 1.165) is 18.5 Å². The minimum atomic E-state index is -0.803. The quantitative estimate of drug-likeness (QED) is 0.501. The highest BCUT2D eigenvalue weighted by Crippen LogP contribution is 2.21. The molecule has 24 heavy (non-hydrogen) atoms. The molecule has 2 amide bonds. The Hall–Kier alpha value is -2.67. The fraction of sp³-hybridized carbons (Fsp3) is 0.250. The van der Waals surface area contributed by atoms with Gasteiger partial charge in [-0.05, 0) is 31.9 Å². The number of carbonyl (C=O) groups excluding carboxylic acids is 2. The highest BCUT2D eigenvalue weighted by Gasteiger charge is 2.26. The van der Waals surface area contributed by atoms with Crippen molar-refractivity contribution in [3.8, 4) is 5.69 Å². The predicted molar refractivity (Wildman–Crippen MR) is 90.2 cm³/mol. The Balaban J connectivity index is 1.69. The second kappa shape index (κ2) is 6.84. The molecule has 0 unspecified atom stereocenters. The summed E-state index contributed by atoms with van der Waals surface area (Å²) in [5.74, 6) is -1.49. The first-order chi connectivity index (χ1) is 11.6. The molecule has 0 spiro atoms. The number of aromatic nitrogens is 2. The smallest absolute Gasteiger partial charge is 0.329 e. The number of hydrogen-bond acceptors (Lipinski definition) is 4. The third-order valence-electron chi connectivity index (χ3n) is 3.53. The summed E-state index contributed by atoms with van der Waals surface area (Å²) < 4.78 is 1.58. The molecular weight excluding hydrogens is 330 g/mol. The molecule has 1 fully saturated rings. The zero-order chi connectivity index (χ0) is 17.1. The lowest BCUT2D eigenvalue weighted by Crippen LogP contribution is -2.38. The number of benzene rings is 1. The zero-order valence-electron chi connectivity index (χ0n) is 13.0. The van der Waals surface area contributed by atoms with E-state index in [9.17, 15) is 9.59 Å². The molecule has 1 aromatic heterocycles. The average molecular weight is 346 g/mol. The van der Waals surface area contributed by atoms with Crippen molar-refractivity contribution in [3.05, 3.63) is 46.7 Å². The van der Waals surface area contributed by atoms with Crippen molar-refractivity contribution in [1.82, 2.24) is 20.5 Å². The van der Waals surface area contributed by atoms with Gasteiger partial charge in [0, 0.05) is 6.04 Å². The van der Waals surface area contributed by atoms with Crippen molar-refractivity contribution in [2.75, 3.05) is 0 Å². The SMILES string of the molecule is Cc1nn(-c2ccccc2)c(Cl)c1/C=N\NC(=O)C(=O)NC1CC1. The highest BCUT2D eigenvalue weighted by atomic mass is 35.5. The molecule has 1 heterocycles. The van der Waals surface area contributed by atoms with E-state index in [-0.39, 0.29) is 6.04 Å². The number of carbonyl (C=O) groups is 2. The maximum atomic E-state index is 11.6. The van der Waals surface area contributed by atoms with E-state index in [1.807, 2.05) is 30.3 Å². The number of aryl methyl sites for hydroxylation is 1. The fourth-order valence-electron chi connectivity index (χ4n) is 2.08. The molecule has 0 bridgehead atoms. The van der Waals surface area contributed by atoms with Crippen molar-refractivity contribution in [1.29, 1.82) is 0 Å². The molecule has 2 aromatic rings. The van der Waals surface area contributed by atoms with Crippen molar-refractivity contribution >= 4 is 29.6 Å². The number of amides is 2. The lowest BCUT2D eigenvalue weighted by atomic mass is 10.3. The molecule has 124 valence electrons. The summed E-state index contributed by atoms with van der Waals surface area (Å²) in [6, 6.07) is 9.54. The molecule has 0 saturated heterocycles. The lowest BCUT2D eigenvalue weighted by Gasteiger charge is -2.02. The largest absolute Gasteiger partial charge is 0.345 e. The maximum Gasteiger partial charge on any atom is 0.329 e. The van der Waals surface area contributed by atoms with Gasteiger partial charge in [-0.15, -0.1) is 0 Å². The third kappa shape index (κ3) is 3.62. The predicted octanol–water partition coefficient (Wildman–Crippen LogP) is 1.56. The molecular formula is C16H16ClN5O2. The van der Waals surface area contributed by atoms with Gasteiger partial charge in [-0.3, -0.25) is 9.59 Å². The van der Waals surface area contributed by atoms with Gasteiger partial charge < -0.3 is 5.32 Å². The molecule has 1 aliphatic rings. The van der Waals surface area contributed by atoms with Crippen molar-refractivity contribution in [2.24, 2.45) is 5.10 Å². The number of nitrogens with one attached hydrogen (secondary N) is 2. The molecule has 7 nitrogen and oxygen atoms in total. The lowest BCUT2D eigenvalue weighted by molar-refractivity contribution is -0.139. The van der Waals surface area contributed by atoms with Gasteiger partial charge in [-0.25, -0.2) is 10.1 Å². The van der Waals surface area contributed by atoms with Gasteiger partial charge in [-0.1, -0.05) is 29.8 Å². The van der Waals surface area contributed by atoms with E-state index in [0.29, 0.717) is 16.4 Å². The van der Waals surface area contributed by atoms with Crippen LogP contribution in [0.2, 0.25) is 5.15 Å². The van der Waals surface area contributed by atoms with Crippen LogP contribution in [0.4, 0.5) is 0 Å². The van der Waals surface area contributed by atoms with Crippen LogP contribution in [0.25, 0.3) is 5.69 Å². The number of para-hydroxylation sites is 1. The number of halogens is 1. The number of nitrogens with zero attached hydrogens (tertiary/aromatic N) is 3. The molecule has 1 saturated carbocycles. The summed E-state index contributed by atoms with van der Waals surface area (Å²) >= 11 is 6.34. The number of hydrazone groups is 1. The van der Waals surface area contributed by atoms with E-state index in [2.05, 4.69) is 20.9 Å². The van der Waals surface area contributed by atoms with Gasteiger partial charge in [0.05, 0.1) is 23.2 Å². The fourth-order valence-corrected chi connectivity index (χ4v) is 2.40. The molecule has 8 heteroatoms. The standard InChI is InChI=1S/C16H16ClN5O2/c1-10-13(9-18-20-16(24)15(23)19-11-7-8-11)14(17)22(21-10)12-5-3-2-4-6-12/h2-6,9,11H,7-8H2,1H3,(H,19,23)(H,20,24)/b18-9-. The first-order valence-corrected chi connectivity index (χ1v) is 7.88. The number of rotatable bonds is 4. The van der Waals surface area contributed by atoms with Crippen LogP contribution >= 0.6 is 11.6 Å². The van der Waals surface area contributed by atoms with E-state index in [4.69, 9.17) is 11.6 Å². The molecule has 1 aliphatic carbocycles. The summed E-state index contributed by atoms with van der Waals surface area (Å²) in [6.07, 6.45) is 3.21. The minimum Gasteiger partial charge on any atom is -0.345 e. The summed E-state index contributed by atoms with van der Waals surface area (Å²) in [5, 5.41) is 11.1. The Labute approximate surface area is 143 Å². The second-order valence-electron chi connectivity index (χ2n) is 5.48. The normalized spacial score (nSPS) is 13.9. The molecule has 0 radical (unpaired) electrons. The first-order valence-electron chi connectivity index (χ1n) is 7.50. The van der Waals surface area contributed by atoms with Crippen molar-refractivity contribution < 1.29 is 9.59 Å². The summed E-state index contributed by atoms with van der Waals surface area (Å²) in [7, 11) is 0. The Morgan fingerprint density at radius 1 is 1.29 bits per heavy atom. The molecule has 1 aromatic carbocycles. The van der Waals surface area contributed by atoms with Gasteiger partial charge in [0.15, 0.2) is 0 Å². The van der Waals surface area contributed by atoms with Gasteiger partial charge in [0.1, 0.15) is 5.15 Å². The Kier molecular flexibility index (Phi) is 4.61. The van der Waals surface area contributed by atoms with Crippen molar-refractivity contribution in [3.63, 3.8) is 0 Å². The molecule has 3 rings (SSSR count). The Bertz CT molecular complexity index is 796. The third-order valence-corrected chi connectivity index (χ3v) is 3.89. The highest BCUT2D eigenvalue weighted by molar-refractivity contribution is 6.35. The van der Waals surface area contributed by atoms with Crippen LogP contribution in [0.15, 0.2) is 35.4 Å². The van der Waals surface area contributed by atoms with Crippen LogP contribution in [0, 0.1) is 6.92 Å². The zero-order valence-corrected chi connectivity index (χ0v) is 13.7. The van der Waals surface area contributed by atoms with Gasteiger partial charge in [-0.2, -0.15) is 10.2 Å². The molecule has 0 aliphatic heterocycles. The summed E-state index contributed by atoms with van der Waals surface area (Å²) in [4.78, 5) is 23.1. The number of hydrogen-bond donors (Lipinski definition) is 2. The van der Waals surface area contributed by atoms with Crippen LogP contribution in [-0.2, 0) is 9.59 Å². The first kappa shape index (κ1) is 16.2. The van der Waals surface area contributed by atoms with Crippen LogP contribution < -0.4 is 10.7 Å². The van der Waals surface area contributed by atoms with Crippen LogP contribution in [-0.4, -0.2) is 33.9 Å². The van der Waals surface area contributed by atoms with Crippen LogP contribution in [0.1, 0.15) is 24.1 Å². The van der Waals surface area contributed by atoms with Crippen molar-refractivity contribution in [2.45, 2.75) is 25.8 Å². The summed E-state index contributed by atoms with van der Waals surface area (Å²) in [6.45, 7) is 1.79. The van der Waals surface area contributed by atoms with E-state index in [1.165, 1.54) is 6.21 Å². The van der Waals surface area contributed by atoms with Crippen LogP contribution in [0.3, 0.4) is 0 Å². The average Bonchev–Trinajstić information content (AvgIpc) is 3.35. The summed E-state index contributed by atoms with van der Waals surface area (Å²) in [5.41, 5.74) is 4.24. The topological polar surface area (TPSA) is 88.4 Å². The van der Waals surface area contributed by atoms with Gasteiger partial charge >= 0.3 is 11.8 Å². The van der Waals surface area contributed by atoms with E-state index < -0.39 is 11.8 Å².